The van der Waals surface area contributed by atoms with E-state index in [-0.39, 0.29) is 12.4 Å². The van der Waals surface area contributed by atoms with Gasteiger partial charge in [-0.1, -0.05) is 60.7 Å². The Bertz CT molecular complexity index is 1580. The zero-order valence-electron chi connectivity index (χ0n) is 19.7. The van der Waals surface area contributed by atoms with E-state index in [9.17, 15) is 9.90 Å². The standard InChI is InChI=1S/C29H25NO4S/c1-4-34-29(32)23-17(2)30-28-26(27(31)22(35-28)16-18-10-6-5-7-11-18)25(23)24-20-13-9-8-12-19(20)14-15-21(24)33-3/h5-16,25,31H,4H2,1-3H3. The average molecular weight is 484 g/mol. The molecule has 1 aliphatic heterocycles. The van der Waals surface area contributed by atoms with Gasteiger partial charge in [-0.15, -0.1) is 11.3 Å². The van der Waals surface area contributed by atoms with Gasteiger partial charge in [-0.25, -0.2) is 9.79 Å². The molecule has 1 unspecified atom stereocenters. The van der Waals surface area contributed by atoms with E-state index in [0.717, 1.165) is 21.9 Å². The monoisotopic (exact) mass is 483 g/mol. The number of allylic oxidation sites excluding steroid dienone is 1. The fourth-order valence-electron chi connectivity index (χ4n) is 4.66. The van der Waals surface area contributed by atoms with E-state index in [4.69, 9.17) is 14.5 Å². The van der Waals surface area contributed by atoms with E-state index in [1.165, 1.54) is 11.3 Å². The third-order valence-electron chi connectivity index (χ3n) is 6.19. The number of aromatic hydroxyl groups is 1. The van der Waals surface area contributed by atoms with Crippen molar-refractivity contribution in [2.24, 2.45) is 4.99 Å². The molecule has 0 saturated carbocycles. The lowest BCUT2D eigenvalue weighted by atomic mass is 9.80. The molecule has 1 aliphatic rings. The van der Waals surface area contributed by atoms with Gasteiger partial charge in [-0.05, 0) is 42.3 Å². The van der Waals surface area contributed by atoms with Crippen molar-refractivity contribution in [1.29, 1.82) is 0 Å². The molecule has 1 atom stereocenters. The molecule has 0 radical (unpaired) electrons. The van der Waals surface area contributed by atoms with Gasteiger partial charge in [0.2, 0.25) is 0 Å². The fraction of sp³-hybridized carbons (Fsp3) is 0.172. The van der Waals surface area contributed by atoms with Gasteiger partial charge in [0.15, 0.2) is 0 Å². The molecule has 5 rings (SSSR count). The lowest BCUT2D eigenvalue weighted by Gasteiger charge is -2.26. The predicted octanol–water partition coefficient (Wildman–Crippen LogP) is 5.05. The number of carbonyl (C=O) groups is 1. The highest BCUT2D eigenvalue weighted by Gasteiger charge is 2.37. The maximum atomic E-state index is 13.3. The highest BCUT2D eigenvalue weighted by molar-refractivity contribution is 7.07. The van der Waals surface area contributed by atoms with Gasteiger partial charge in [0.05, 0.1) is 35.4 Å². The molecular weight excluding hydrogens is 458 g/mol. The summed E-state index contributed by atoms with van der Waals surface area (Å²) in [5.74, 6) is -0.294. The molecule has 6 heteroatoms. The average Bonchev–Trinajstić information content (AvgIpc) is 3.17. The molecular formula is C29H25NO4S. The maximum Gasteiger partial charge on any atom is 0.336 e. The summed E-state index contributed by atoms with van der Waals surface area (Å²) >= 11 is 1.41. The number of rotatable bonds is 5. The fourth-order valence-corrected chi connectivity index (χ4v) is 5.78. The molecule has 0 aliphatic carbocycles. The van der Waals surface area contributed by atoms with Crippen LogP contribution >= 0.6 is 11.3 Å². The molecule has 4 aromatic rings. The topological polar surface area (TPSA) is 68.1 Å². The first-order valence-corrected chi connectivity index (χ1v) is 12.3. The highest BCUT2D eigenvalue weighted by atomic mass is 32.1. The molecule has 0 saturated heterocycles. The Morgan fingerprint density at radius 1 is 1.06 bits per heavy atom. The molecule has 3 aromatic carbocycles. The van der Waals surface area contributed by atoms with Crippen LogP contribution in [0.3, 0.4) is 0 Å². The van der Waals surface area contributed by atoms with E-state index in [1.54, 1.807) is 14.0 Å². The molecule has 5 nitrogen and oxygen atoms in total. The van der Waals surface area contributed by atoms with Crippen molar-refractivity contribution in [2.75, 3.05) is 13.7 Å². The number of nitrogens with zero attached hydrogens (tertiary/aromatic N) is 1. The van der Waals surface area contributed by atoms with Crippen LogP contribution in [0.25, 0.3) is 16.8 Å². The first-order valence-electron chi connectivity index (χ1n) is 11.4. The van der Waals surface area contributed by atoms with Crippen LogP contribution in [-0.4, -0.2) is 24.8 Å². The lowest BCUT2D eigenvalue weighted by molar-refractivity contribution is -0.138. The maximum absolute atomic E-state index is 13.3. The second-order valence-corrected chi connectivity index (χ2v) is 9.29. The molecule has 0 fully saturated rings. The minimum Gasteiger partial charge on any atom is -0.506 e. The molecule has 35 heavy (non-hydrogen) atoms. The van der Waals surface area contributed by atoms with Gasteiger partial charge in [0.25, 0.3) is 0 Å². The number of ether oxygens (including phenoxy) is 2. The van der Waals surface area contributed by atoms with Crippen LogP contribution in [-0.2, 0) is 9.53 Å². The predicted molar refractivity (Wildman–Crippen MR) is 138 cm³/mol. The Hall–Kier alpha value is -3.90. The Labute approximate surface area is 207 Å². The third kappa shape index (κ3) is 4.00. The minimum atomic E-state index is -0.600. The highest BCUT2D eigenvalue weighted by Crippen LogP contribution is 2.45. The number of esters is 1. The van der Waals surface area contributed by atoms with Gasteiger partial charge in [0.1, 0.15) is 16.2 Å². The summed E-state index contributed by atoms with van der Waals surface area (Å²) in [7, 11) is 1.62. The Balaban J connectivity index is 1.85. The summed E-state index contributed by atoms with van der Waals surface area (Å²) in [6.07, 6.45) is 1.94. The summed E-state index contributed by atoms with van der Waals surface area (Å²) in [5.41, 5.74) is 3.36. The van der Waals surface area contributed by atoms with E-state index in [2.05, 4.69) is 0 Å². The largest absolute Gasteiger partial charge is 0.506 e. The second kappa shape index (κ2) is 9.39. The van der Waals surface area contributed by atoms with Gasteiger partial charge in [-0.3, -0.25) is 0 Å². The number of thiophene rings is 1. The SMILES string of the molecule is CCOC(=O)C1=C(C)N=c2sc(=Cc3ccccc3)c(O)c2C1c1c(OC)ccc2ccccc12. The molecule has 2 heterocycles. The smallest absolute Gasteiger partial charge is 0.336 e. The Morgan fingerprint density at radius 3 is 2.54 bits per heavy atom. The number of fused-ring (bicyclic) bond motifs is 2. The van der Waals surface area contributed by atoms with Crippen molar-refractivity contribution in [3.63, 3.8) is 0 Å². The van der Waals surface area contributed by atoms with Crippen LogP contribution in [0.5, 0.6) is 11.5 Å². The van der Waals surface area contributed by atoms with E-state index >= 15 is 0 Å². The zero-order valence-corrected chi connectivity index (χ0v) is 20.6. The molecule has 0 amide bonds. The van der Waals surface area contributed by atoms with Gasteiger partial charge in [0, 0.05) is 11.1 Å². The zero-order chi connectivity index (χ0) is 24.5. The molecule has 0 bridgehead atoms. The van der Waals surface area contributed by atoms with Crippen LogP contribution in [0.4, 0.5) is 0 Å². The van der Waals surface area contributed by atoms with Gasteiger partial charge in [-0.2, -0.15) is 0 Å². The molecule has 1 N–H and O–H groups in total. The summed E-state index contributed by atoms with van der Waals surface area (Å²) in [5, 5.41) is 13.5. The van der Waals surface area contributed by atoms with Crippen molar-refractivity contribution in [3.05, 3.63) is 104 Å². The van der Waals surface area contributed by atoms with Gasteiger partial charge >= 0.3 is 5.97 Å². The van der Waals surface area contributed by atoms with Crippen molar-refractivity contribution < 1.29 is 19.4 Å². The van der Waals surface area contributed by atoms with Crippen molar-refractivity contribution in [3.8, 4) is 11.5 Å². The summed E-state index contributed by atoms with van der Waals surface area (Å²) in [4.78, 5) is 18.0. The molecule has 0 spiro atoms. The summed E-state index contributed by atoms with van der Waals surface area (Å²) < 4.78 is 12.6. The number of hydrogen-bond donors (Lipinski definition) is 1. The van der Waals surface area contributed by atoms with E-state index in [1.807, 2.05) is 79.7 Å². The number of benzene rings is 3. The van der Waals surface area contributed by atoms with Crippen LogP contribution in [0.2, 0.25) is 0 Å². The summed E-state index contributed by atoms with van der Waals surface area (Å²) in [6.45, 7) is 3.84. The van der Waals surface area contributed by atoms with Gasteiger partial charge < -0.3 is 14.6 Å². The molecule has 1 aromatic heterocycles. The van der Waals surface area contributed by atoms with Crippen LogP contribution in [0.1, 0.15) is 36.5 Å². The first kappa shape index (κ1) is 22.9. The third-order valence-corrected chi connectivity index (χ3v) is 7.23. The van der Waals surface area contributed by atoms with Crippen molar-refractivity contribution in [1.82, 2.24) is 0 Å². The van der Waals surface area contributed by atoms with E-state index in [0.29, 0.717) is 31.8 Å². The number of carbonyl (C=O) groups excluding carboxylic acids is 1. The van der Waals surface area contributed by atoms with E-state index < -0.39 is 11.9 Å². The number of hydrogen-bond acceptors (Lipinski definition) is 6. The Morgan fingerprint density at radius 2 is 1.80 bits per heavy atom. The normalized spacial score (nSPS) is 15.6. The number of methoxy groups -OCH3 is 1. The van der Waals surface area contributed by atoms with Crippen LogP contribution in [0.15, 0.2) is 83.0 Å². The van der Waals surface area contributed by atoms with Crippen LogP contribution in [0, 0.1) is 0 Å². The Kier molecular flexibility index (Phi) is 6.14. The minimum absolute atomic E-state index is 0.117. The lowest BCUT2D eigenvalue weighted by Crippen LogP contribution is -2.25. The van der Waals surface area contributed by atoms with Crippen molar-refractivity contribution >= 4 is 34.2 Å². The first-order chi connectivity index (χ1) is 17.0. The van der Waals surface area contributed by atoms with Crippen molar-refractivity contribution in [2.45, 2.75) is 19.8 Å². The summed E-state index contributed by atoms with van der Waals surface area (Å²) in [6, 6.07) is 21.7. The van der Waals surface area contributed by atoms with Crippen LogP contribution < -0.4 is 13.9 Å². The second-order valence-electron chi connectivity index (χ2n) is 8.26. The quantitative estimate of drug-likeness (QED) is 0.404. The molecule has 176 valence electrons.